The molecule has 0 bridgehead atoms. The fourth-order valence-corrected chi connectivity index (χ4v) is 3.27. The van der Waals surface area contributed by atoms with E-state index in [1.807, 2.05) is 23.1 Å². The average molecular weight is 328 g/mol. The number of carbonyl (C=O) groups is 1. The molecule has 0 N–H and O–H groups in total. The van der Waals surface area contributed by atoms with Crippen molar-refractivity contribution in [2.24, 2.45) is 0 Å². The molecule has 0 radical (unpaired) electrons. The quantitative estimate of drug-likeness (QED) is 0.756. The summed E-state index contributed by atoms with van der Waals surface area (Å²) in [4.78, 5) is 18.9. The van der Waals surface area contributed by atoms with E-state index in [0.29, 0.717) is 32.8 Å². The summed E-state index contributed by atoms with van der Waals surface area (Å²) in [5, 5.41) is 8.75. The molecular formula is C18H24N4O2. The summed E-state index contributed by atoms with van der Waals surface area (Å²) in [7, 11) is 0. The summed E-state index contributed by atoms with van der Waals surface area (Å²) in [6.07, 6.45) is -0.370. The van der Waals surface area contributed by atoms with Gasteiger partial charge < -0.3 is 9.64 Å². The van der Waals surface area contributed by atoms with Gasteiger partial charge in [-0.05, 0) is 5.56 Å². The summed E-state index contributed by atoms with van der Waals surface area (Å²) in [6, 6.07) is 12.5. The highest BCUT2D eigenvalue weighted by Crippen LogP contribution is 2.13. The van der Waals surface area contributed by atoms with Crippen molar-refractivity contribution in [1.29, 1.82) is 5.26 Å². The van der Waals surface area contributed by atoms with E-state index < -0.39 is 0 Å². The maximum atomic E-state index is 12.7. The second kappa shape index (κ2) is 8.25. The summed E-state index contributed by atoms with van der Waals surface area (Å²) in [5.74, 6) is 0.0874. The Hall–Kier alpha value is -1.94. The molecule has 2 heterocycles. The van der Waals surface area contributed by atoms with Gasteiger partial charge in [-0.25, -0.2) is 0 Å². The molecule has 24 heavy (non-hydrogen) atoms. The molecule has 1 aromatic rings. The summed E-state index contributed by atoms with van der Waals surface area (Å²) < 4.78 is 5.74. The van der Waals surface area contributed by atoms with Crippen LogP contribution in [-0.4, -0.2) is 79.1 Å². The average Bonchev–Trinajstić information content (AvgIpc) is 2.63. The number of hydrogen-bond donors (Lipinski definition) is 0. The van der Waals surface area contributed by atoms with Gasteiger partial charge in [0.1, 0.15) is 6.10 Å². The van der Waals surface area contributed by atoms with E-state index in [-0.39, 0.29) is 12.0 Å². The van der Waals surface area contributed by atoms with Gasteiger partial charge in [0, 0.05) is 45.8 Å². The predicted molar refractivity (Wildman–Crippen MR) is 90.1 cm³/mol. The number of rotatable bonds is 4. The molecule has 3 rings (SSSR count). The van der Waals surface area contributed by atoms with Gasteiger partial charge in [0.05, 0.1) is 19.2 Å². The Kier molecular flexibility index (Phi) is 5.81. The van der Waals surface area contributed by atoms with Crippen LogP contribution in [0.4, 0.5) is 0 Å². The smallest absolute Gasteiger partial charge is 0.253 e. The van der Waals surface area contributed by atoms with Crippen molar-refractivity contribution in [3.05, 3.63) is 35.9 Å². The second-order valence-corrected chi connectivity index (χ2v) is 6.34. The van der Waals surface area contributed by atoms with E-state index >= 15 is 0 Å². The normalized spacial score (nSPS) is 23.0. The summed E-state index contributed by atoms with van der Waals surface area (Å²) >= 11 is 0. The van der Waals surface area contributed by atoms with Crippen molar-refractivity contribution in [3.63, 3.8) is 0 Å². The molecule has 2 fully saturated rings. The molecule has 1 aromatic carbocycles. The van der Waals surface area contributed by atoms with E-state index in [1.54, 1.807) is 0 Å². The van der Waals surface area contributed by atoms with Gasteiger partial charge in [0.15, 0.2) is 0 Å². The molecule has 2 aliphatic heterocycles. The summed E-state index contributed by atoms with van der Waals surface area (Å²) in [6.45, 7) is 6.27. The van der Waals surface area contributed by atoms with Crippen molar-refractivity contribution in [2.45, 2.75) is 12.6 Å². The van der Waals surface area contributed by atoms with Crippen molar-refractivity contribution in [2.75, 3.05) is 52.4 Å². The Balaban J connectivity index is 1.51. The molecule has 0 unspecified atom stereocenters. The lowest BCUT2D eigenvalue weighted by atomic mass is 10.1. The zero-order chi connectivity index (χ0) is 16.8. The van der Waals surface area contributed by atoms with E-state index in [2.05, 4.69) is 28.0 Å². The van der Waals surface area contributed by atoms with E-state index in [9.17, 15) is 4.79 Å². The molecule has 128 valence electrons. The van der Waals surface area contributed by atoms with Gasteiger partial charge in [-0.15, -0.1) is 0 Å². The van der Waals surface area contributed by atoms with Crippen LogP contribution in [-0.2, 0) is 16.1 Å². The Bertz CT molecular complexity index is 578. The molecule has 0 aliphatic carbocycles. The van der Waals surface area contributed by atoms with Crippen LogP contribution in [0.3, 0.4) is 0 Å². The number of hydrogen-bond acceptors (Lipinski definition) is 5. The highest BCUT2D eigenvalue weighted by Gasteiger charge is 2.31. The second-order valence-electron chi connectivity index (χ2n) is 6.34. The largest absolute Gasteiger partial charge is 0.366 e. The first-order chi connectivity index (χ1) is 11.8. The molecular weight excluding hydrogens is 304 g/mol. The third-order valence-electron chi connectivity index (χ3n) is 4.65. The van der Waals surface area contributed by atoms with Crippen LogP contribution < -0.4 is 0 Å². The number of amides is 1. The van der Waals surface area contributed by atoms with Crippen LogP contribution in [0.1, 0.15) is 5.56 Å². The minimum Gasteiger partial charge on any atom is -0.366 e. The van der Waals surface area contributed by atoms with Gasteiger partial charge in [0.2, 0.25) is 0 Å². The Morgan fingerprint density at radius 3 is 2.58 bits per heavy atom. The first kappa shape index (κ1) is 16.9. The van der Waals surface area contributed by atoms with E-state index in [1.165, 1.54) is 5.56 Å². The summed E-state index contributed by atoms with van der Waals surface area (Å²) in [5.41, 5.74) is 1.26. The van der Waals surface area contributed by atoms with E-state index in [0.717, 1.165) is 26.2 Å². The minimum absolute atomic E-state index is 0.0874. The fraction of sp³-hybridized carbons (Fsp3) is 0.556. The first-order valence-electron chi connectivity index (χ1n) is 8.52. The molecule has 0 saturated carbocycles. The number of ether oxygens (including phenoxy) is 1. The van der Waals surface area contributed by atoms with Crippen molar-refractivity contribution in [1.82, 2.24) is 14.7 Å². The Labute approximate surface area is 143 Å². The third kappa shape index (κ3) is 4.32. The monoisotopic (exact) mass is 328 g/mol. The molecule has 2 aliphatic rings. The zero-order valence-corrected chi connectivity index (χ0v) is 13.9. The number of carbonyl (C=O) groups excluding carboxylic acids is 1. The number of nitriles is 1. The van der Waals surface area contributed by atoms with Crippen LogP contribution in [0.2, 0.25) is 0 Å². The molecule has 1 atom stereocenters. The molecule has 0 spiro atoms. The fourth-order valence-electron chi connectivity index (χ4n) is 3.27. The number of nitrogens with zero attached hydrogens (tertiary/aromatic N) is 4. The van der Waals surface area contributed by atoms with Crippen LogP contribution >= 0.6 is 0 Å². The standard InChI is InChI=1S/C18H24N4O2/c19-6-7-20-8-10-22(11-9-20)18(23)17-15-21(12-13-24-17)14-16-4-2-1-3-5-16/h1-5,17H,7-15H2/t17-/m1/s1. The molecule has 2 saturated heterocycles. The SMILES string of the molecule is N#CCN1CCN(C(=O)[C@H]2CN(Cc3ccccc3)CCO2)CC1. The lowest BCUT2D eigenvalue weighted by Crippen LogP contribution is -2.55. The topological polar surface area (TPSA) is 59.8 Å². The first-order valence-corrected chi connectivity index (χ1v) is 8.52. The Morgan fingerprint density at radius 1 is 1.12 bits per heavy atom. The number of benzene rings is 1. The van der Waals surface area contributed by atoms with Crippen molar-refractivity contribution >= 4 is 5.91 Å². The molecule has 6 nitrogen and oxygen atoms in total. The zero-order valence-electron chi connectivity index (χ0n) is 13.9. The molecule has 0 aromatic heterocycles. The maximum Gasteiger partial charge on any atom is 0.253 e. The molecule has 1 amide bonds. The van der Waals surface area contributed by atoms with E-state index in [4.69, 9.17) is 10.00 Å². The van der Waals surface area contributed by atoms with Gasteiger partial charge in [-0.3, -0.25) is 14.6 Å². The minimum atomic E-state index is -0.370. The highest BCUT2D eigenvalue weighted by atomic mass is 16.5. The molecule has 6 heteroatoms. The van der Waals surface area contributed by atoms with Crippen LogP contribution in [0.15, 0.2) is 30.3 Å². The lowest BCUT2D eigenvalue weighted by Gasteiger charge is -2.38. The van der Waals surface area contributed by atoms with Gasteiger partial charge >= 0.3 is 0 Å². The number of morpholine rings is 1. The Morgan fingerprint density at radius 2 is 1.88 bits per heavy atom. The van der Waals surface area contributed by atoms with Crippen molar-refractivity contribution in [3.8, 4) is 6.07 Å². The van der Waals surface area contributed by atoms with Gasteiger partial charge in [-0.1, -0.05) is 30.3 Å². The van der Waals surface area contributed by atoms with Gasteiger partial charge in [0.25, 0.3) is 5.91 Å². The van der Waals surface area contributed by atoms with Crippen LogP contribution in [0, 0.1) is 11.3 Å². The third-order valence-corrected chi connectivity index (χ3v) is 4.65. The van der Waals surface area contributed by atoms with Crippen LogP contribution in [0.25, 0.3) is 0 Å². The maximum absolute atomic E-state index is 12.7. The van der Waals surface area contributed by atoms with Crippen LogP contribution in [0.5, 0.6) is 0 Å². The predicted octanol–water partition coefficient (Wildman–Crippen LogP) is 0.555. The lowest BCUT2D eigenvalue weighted by molar-refractivity contribution is -0.151. The van der Waals surface area contributed by atoms with Crippen molar-refractivity contribution < 1.29 is 9.53 Å². The highest BCUT2D eigenvalue weighted by molar-refractivity contribution is 5.81. The van der Waals surface area contributed by atoms with Gasteiger partial charge in [-0.2, -0.15) is 5.26 Å². The number of piperazine rings is 1.